The van der Waals surface area contributed by atoms with Crippen LogP contribution in [0.25, 0.3) is 0 Å². The van der Waals surface area contributed by atoms with Crippen molar-refractivity contribution in [3.8, 4) is 11.5 Å². The molecule has 0 saturated carbocycles. The minimum atomic E-state index is 0.543. The van der Waals surface area contributed by atoms with E-state index < -0.39 is 0 Å². The number of ether oxygens (including phenoxy) is 2. The highest BCUT2D eigenvalue weighted by atomic mass is 79.9. The molecule has 0 unspecified atom stereocenters. The summed E-state index contributed by atoms with van der Waals surface area (Å²) in [5.41, 5.74) is 4.84. The zero-order valence-electron chi connectivity index (χ0n) is 12.1. The lowest BCUT2D eigenvalue weighted by Gasteiger charge is -2.14. The van der Waals surface area contributed by atoms with Gasteiger partial charge in [0.25, 0.3) is 0 Å². The third-order valence-corrected chi connectivity index (χ3v) is 3.98. The van der Waals surface area contributed by atoms with Crippen molar-refractivity contribution in [1.82, 2.24) is 0 Å². The second kappa shape index (κ2) is 6.80. The number of para-hydroxylation sites is 1. The van der Waals surface area contributed by atoms with Gasteiger partial charge in [0.05, 0.1) is 7.11 Å². The Bertz CT molecular complexity index is 571. The van der Waals surface area contributed by atoms with Gasteiger partial charge in [0.1, 0.15) is 6.61 Å². The Morgan fingerprint density at radius 3 is 2.50 bits per heavy atom. The molecule has 0 amide bonds. The standard InChI is InChI=1S/C17H19BrO2/c1-12-7-8-14(9-13(12)2)11-20-17-15(10-18)5-4-6-16(17)19-3/h4-9H,10-11H2,1-3H3. The van der Waals surface area contributed by atoms with Crippen molar-refractivity contribution in [2.45, 2.75) is 25.8 Å². The average molecular weight is 335 g/mol. The number of alkyl halides is 1. The smallest absolute Gasteiger partial charge is 0.165 e. The highest BCUT2D eigenvalue weighted by Gasteiger charge is 2.10. The van der Waals surface area contributed by atoms with Gasteiger partial charge in [-0.3, -0.25) is 0 Å². The molecule has 0 aliphatic heterocycles. The zero-order valence-corrected chi connectivity index (χ0v) is 13.7. The molecule has 0 radical (unpaired) electrons. The molecule has 3 heteroatoms. The van der Waals surface area contributed by atoms with Crippen LogP contribution in [0.15, 0.2) is 36.4 Å². The largest absolute Gasteiger partial charge is 0.493 e. The number of hydrogen-bond donors (Lipinski definition) is 0. The van der Waals surface area contributed by atoms with E-state index in [0.717, 1.165) is 22.4 Å². The molecule has 0 aliphatic rings. The van der Waals surface area contributed by atoms with Crippen LogP contribution in [-0.2, 0) is 11.9 Å². The van der Waals surface area contributed by atoms with Gasteiger partial charge in [0.15, 0.2) is 11.5 Å². The molecule has 0 atom stereocenters. The van der Waals surface area contributed by atoms with E-state index in [1.807, 2.05) is 18.2 Å². The first-order valence-electron chi connectivity index (χ1n) is 6.56. The van der Waals surface area contributed by atoms with Crippen LogP contribution in [0.4, 0.5) is 0 Å². The van der Waals surface area contributed by atoms with Gasteiger partial charge >= 0.3 is 0 Å². The van der Waals surface area contributed by atoms with E-state index in [0.29, 0.717) is 6.61 Å². The van der Waals surface area contributed by atoms with E-state index in [2.05, 4.69) is 48.0 Å². The lowest BCUT2D eigenvalue weighted by molar-refractivity contribution is 0.282. The topological polar surface area (TPSA) is 18.5 Å². The van der Waals surface area contributed by atoms with E-state index in [-0.39, 0.29) is 0 Å². The Balaban J connectivity index is 2.19. The van der Waals surface area contributed by atoms with Crippen molar-refractivity contribution in [3.05, 3.63) is 58.7 Å². The van der Waals surface area contributed by atoms with Crippen molar-refractivity contribution >= 4 is 15.9 Å². The van der Waals surface area contributed by atoms with Crippen LogP contribution in [0.3, 0.4) is 0 Å². The summed E-state index contributed by atoms with van der Waals surface area (Å²) in [6.45, 7) is 4.77. The average Bonchev–Trinajstić information content (AvgIpc) is 2.48. The van der Waals surface area contributed by atoms with Crippen LogP contribution in [0.1, 0.15) is 22.3 Å². The molecule has 2 aromatic rings. The summed E-state index contributed by atoms with van der Waals surface area (Å²) < 4.78 is 11.3. The number of benzene rings is 2. The maximum Gasteiger partial charge on any atom is 0.165 e. The molecule has 20 heavy (non-hydrogen) atoms. The van der Waals surface area contributed by atoms with E-state index in [4.69, 9.17) is 9.47 Å². The lowest BCUT2D eigenvalue weighted by Crippen LogP contribution is -2.01. The van der Waals surface area contributed by atoms with Crippen LogP contribution in [0, 0.1) is 13.8 Å². The molecule has 0 saturated heterocycles. The first kappa shape index (κ1) is 14.9. The maximum atomic E-state index is 5.98. The van der Waals surface area contributed by atoms with Crippen LogP contribution in [0.2, 0.25) is 0 Å². The van der Waals surface area contributed by atoms with E-state index >= 15 is 0 Å². The second-order valence-electron chi connectivity index (χ2n) is 4.79. The van der Waals surface area contributed by atoms with Crippen molar-refractivity contribution in [2.24, 2.45) is 0 Å². The normalized spacial score (nSPS) is 10.4. The minimum Gasteiger partial charge on any atom is -0.493 e. The molecule has 0 aliphatic carbocycles. The number of methoxy groups -OCH3 is 1. The molecule has 2 nitrogen and oxygen atoms in total. The Labute approximate surface area is 128 Å². The van der Waals surface area contributed by atoms with Gasteiger partial charge < -0.3 is 9.47 Å². The van der Waals surface area contributed by atoms with Crippen molar-refractivity contribution in [1.29, 1.82) is 0 Å². The molecule has 2 aromatic carbocycles. The Morgan fingerprint density at radius 1 is 1.05 bits per heavy atom. The van der Waals surface area contributed by atoms with Crippen LogP contribution < -0.4 is 9.47 Å². The fourth-order valence-corrected chi connectivity index (χ4v) is 2.48. The Hall–Kier alpha value is -1.48. The predicted octanol–water partition coefficient (Wildman–Crippen LogP) is 4.79. The number of halogens is 1. The van der Waals surface area contributed by atoms with E-state index in [1.54, 1.807) is 7.11 Å². The Kier molecular flexibility index (Phi) is 5.07. The van der Waals surface area contributed by atoms with Crippen molar-refractivity contribution in [3.63, 3.8) is 0 Å². The van der Waals surface area contributed by atoms with Crippen LogP contribution in [0.5, 0.6) is 11.5 Å². The van der Waals surface area contributed by atoms with Gasteiger partial charge in [-0.1, -0.05) is 46.3 Å². The third-order valence-electron chi connectivity index (χ3n) is 3.38. The second-order valence-corrected chi connectivity index (χ2v) is 5.35. The molecule has 0 heterocycles. The van der Waals surface area contributed by atoms with Crippen LogP contribution >= 0.6 is 15.9 Å². The van der Waals surface area contributed by atoms with Gasteiger partial charge in [0, 0.05) is 10.9 Å². The fraction of sp³-hybridized carbons (Fsp3) is 0.294. The Morgan fingerprint density at radius 2 is 1.85 bits per heavy atom. The highest BCUT2D eigenvalue weighted by Crippen LogP contribution is 2.33. The summed E-state index contributed by atoms with van der Waals surface area (Å²) in [6, 6.07) is 12.3. The summed E-state index contributed by atoms with van der Waals surface area (Å²) in [6.07, 6.45) is 0. The predicted molar refractivity (Wildman–Crippen MR) is 85.9 cm³/mol. The summed E-state index contributed by atoms with van der Waals surface area (Å²) in [7, 11) is 1.66. The first-order chi connectivity index (χ1) is 9.65. The monoisotopic (exact) mass is 334 g/mol. The van der Waals surface area contributed by atoms with Crippen molar-refractivity contribution in [2.75, 3.05) is 7.11 Å². The molecule has 0 bridgehead atoms. The summed E-state index contributed by atoms with van der Waals surface area (Å²) >= 11 is 3.48. The number of hydrogen-bond acceptors (Lipinski definition) is 2. The number of aryl methyl sites for hydroxylation is 2. The molecule has 2 rings (SSSR count). The lowest BCUT2D eigenvalue weighted by atomic mass is 10.1. The SMILES string of the molecule is COc1cccc(CBr)c1OCc1ccc(C)c(C)c1. The third kappa shape index (κ3) is 3.34. The van der Waals surface area contributed by atoms with Gasteiger partial charge in [-0.25, -0.2) is 0 Å². The summed E-state index contributed by atoms with van der Waals surface area (Å²) in [5, 5.41) is 0.743. The first-order valence-corrected chi connectivity index (χ1v) is 7.68. The van der Waals surface area contributed by atoms with Crippen molar-refractivity contribution < 1.29 is 9.47 Å². The van der Waals surface area contributed by atoms with E-state index in [9.17, 15) is 0 Å². The highest BCUT2D eigenvalue weighted by molar-refractivity contribution is 9.08. The minimum absolute atomic E-state index is 0.543. The van der Waals surface area contributed by atoms with Gasteiger partial charge in [0.2, 0.25) is 0 Å². The molecule has 0 N–H and O–H groups in total. The molecule has 106 valence electrons. The molecule has 0 aromatic heterocycles. The zero-order chi connectivity index (χ0) is 14.5. The van der Waals surface area contributed by atoms with Crippen LogP contribution in [-0.4, -0.2) is 7.11 Å². The van der Waals surface area contributed by atoms with Gasteiger partial charge in [-0.15, -0.1) is 0 Å². The van der Waals surface area contributed by atoms with E-state index in [1.165, 1.54) is 16.7 Å². The molecular formula is C17H19BrO2. The maximum absolute atomic E-state index is 5.98. The fourth-order valence-electron chi connectivity index (χ4n) is 2.04. The molecular weight excluding hydrogens is 316 g/mol. The summed E-state index contributed by atoms with van der Waals surface area (Å²) in [4.78, 5) is 0. The van der Waals surface area contributed by atoms with Gasteiger partial charge in [-0.2, -0.15) is 0 Å². The van der Waals surface area contributed by atoms with Gasteiger partial charge in [-0.05, 0) is 36.6 Å². The number of rotatable bonds is 5. The molecule has 0 fully saturated rings. The molecule has 0 spiro atoms. The quantitative estimate of drug-likeness (QED) is 0.732. The summed E-state index contributed by atoms with van der Waals surface area (Å²) in [5.74, 6) is 1.58.